The molecule has 2 aromatic rings. The molecule has 2 rings (SSSR count). The van der Waals surface area contributed by atoms with Gasteiger partial charge in [0.2, 0.25) is 0 Å². The van der Waals surface area contributed by atoms with Crippen LogP contribution in [0.4, 0.5) is 19.0 Å². The number of nitrogens with zero attached hydrogens (tertiary/aromatic N) is 2. The monoisotopic (exact) mass is 297 g/mol. The molecule has 0 aliphatic carbocycles. The summed E-state index contributed by atoms with van der Waals surface area (Å²) in [6, 6.07) is 4.74. The molecular formula is C13H10F3N3O2. The van der Waals surface area contributed by atoms with Gasteiger partial charge < -0.3 is 10.4 Å². The Morgan fingerprint density at radius 1 is 1.24 bits per heavy atom. The number of rotatable bonds is 4. The highest BCUT2D eigenvalue weighted by atomic mass is 19.4. The van der Waals surface area contributed by atoms with Crippen molar-refractivity contribution in [2.75, 3.05) is 5.32 Å². The molecule has 0 radical (unpaired) electrons. The Morgan fingerprint density at radius 2 is 1.95 bits per heavy atom. The average Bonchev–Trinajstić information content (AvgIpc) is 2.45. The molecule has 110 valence electrons. The highest BCUT2D eigenvalue weighted by Crippen LogP contribution is 2.29. The van der Waals surface area contributed by atoms with Crippen molar-refractivity contribution < 1.29 is 23.1 Å². The molecule has 5 nitrogen and oxygen atoms in total. The summed E-state index contributed by atoms with van der Waals surface area (Å²) in [6.07, 6.45) is -1.91. The number of aromatic carboxylic acids is 1. The first-order valence-electron chi connectivity index (χ1n) is 5.82. The van der Waals surface area contributed by atoms with Gasteiger partial charge in [0.1, 0.15) is 0 Å². The molecular weight excluding hydrogens is 287 g/mol. The smallest absolute Gasteiger partial charge is 0.416 e. The predicted octanol–water partition coefficient (Wildman–Crippen LogP) is 2.81. The van der Waals surface area contributed by atoms with Crippen molar-refractivity contribution in [3.8, 4) is 0 Å². The number of halogens is 3. The second-order valence-corrected chi connectivity index (χ2v) is 4.11. The topological polar surface area (TPSA) is 75.1 Å². The number of alkyl halides is 3. The van der Waals surface area contributed by atoms with E-state index >= 15 is 0 Å². The Labute approximate surface area is 117 Å². The summed E-state index contributed by atoms with van der Waals surface area (Å²) in [5, 5.41) is 11.6. The minimum Gasteiger partial charge on any atom is -0.476 e. The molecule has 1 aromatic heterocycles. The van der Waals surface area contributed by atoms with Crippen LogP contribution in [0.25, 0.3) is 0 Å². The van der Waals surface area contributed by atoms with Gasteiger partial charge in [0, 0.05) is 18.9 Å². The van der Waals surface area contributed by atoms with Gasteiger partial charge in [-0.15, -0.1) is 0 Å². The van der Waals surface area contributed by atoms with Crippen LogP contribution in [0.2, 0.25) is 0 Å². The van der Waals surface area contributed by atoms with Gasteiger partial charge in [-0.25, -0.2) is 14.8 Å². The zero-order chi connectivity index (χ0) is 15.5. The molecule has 0 unspecified atom stereocenters. The highest BCUT2D eigenvalue weighted by molar-refractivity contribution is 5.90. The third-order valence-electron chi connectivity index (χ3n) is 2.62. The Morgan fingerprint density at radius 3 is 2.62 bits per heavy atom. The van der Waals surface area contributed by atoms with Gasteiger partial charge in [-0.3, -0.25) is 0 Å². The zero-order valence-corrected chi connectivity index (χ0v) is 10.6. The maximum atomic E-state index is 12.6. The van der Waals surface area contributed by atoms with Gasteiger partial charge in [0.05, 0.1) is 5.56 Å². The summed E-state index contributed by atoms with van der Waals surface area (Å²) in [5.41, 5.74) is -0.698. The van der Waals surface area contributed by atoms with Crippen molar-refractivity contribution in [2.45, 2.75) is 12.7 Å². The lowest BCUT2D eigenvalue weighted by molar-refractivity contribution is -0.137. The zero-order valence-electron chi connectivity index (χ0n) is 10.6. The molecule has 1 aromatic carbocycles. The van der Waals surface area contributed by atoms with Crippen LogP contribution in [0.1, 0.15) is 21.6 Å². The predicted molar refractivity (Wildman–Crippen MR) is 67.8 cm³/mol. The van der Waals surface area contributed by atoms with E-state index in [1.807, 2.05) is 0 Å². The Kier molecular flexibility index (Phi) is 4.06. The van der Waals surface area contributed by atoms with Gasteiger partial charge in [-0.05, 0) is 17.7 Å². The molecule has 8 heteroatoms. The van der Waals surface area contributed by atoms with E-state index < -0.39 is 17.7 Å². The van der Waals surface area contributed by atoms with E-state index in [1.165, 1.54) is 24.5 Å². The summed E-state index contributed by atoms with van der Waals surface area (Å²) in [7, 11) is 0. The summed E-state index contributed by atoms with van der Waals surface area (Å²) in [6.45, 7) is 0.00287. The molecule has 21 heavy (non-hydrogen) atoms. The van der Waals surface area contributed by atoms with Gasteiger partial charge >= 0.3 is 12.1 Å². The maximum absolute atomic E-state index is 12.6. The van der Waals surface area contributed by atoms with Crippen molar-refractivity contribution in [3.63, 3.8) is 0 Å². The number of carboxylic acids is 1. The average molecular weight is 297 g/mol. The van der Waals surface area contributed by atoms with Gasteiger partial charge in [-0.1, -0.05) is 12.1 Å². The minimum atomic E-state index is -4.42. The number of benzene rings is 1. The second kappa shape index (κ2) is 5.78. The van der Waals surface area contributed by atoms with Crippen LogP contribution in [0.3, 0.4) is 0 Å². The lowest BCUT2D eigenvalue weighted by Gasteiger charge is -2.10. The first-order valence-corrected chi connectivity index (χ1v) is 5.82. The number of nitrogens with one attached hydrogen (secondary N) is 1. The van der Waals surface area contributed by atoms with Gasteiger partial charge in [-0.2, -0.15) is 13.2 Å². The van der Waals surface area contributed by atoms with Crippen LogP contribution in [-0.4, -0.2) is 21.0 Å². The summed E-state index contributed by atoms with van der Waals surface area (Å²) in [4.78, 5) is 18.4. The molecule has 0 saturated heterocycles. The van der Waals surface area contributed by atoms with Crippen LogP contribution < -0.4 is 5.32 Å². The Hall–Kier alpha value is -2.64. The van der Waals surface area contributed by atoms with E-state index in [1.54, 1.807) is 0 Å². The SMILES string of the molecule is O=C(O)c1nccnc1NCc1cccc(C(F)(F)F)c1. The fraction of sp³-hybridized carbons (Fsp3) is 0.154. The fourth-order valence-electron chi connectivity index (χ4n) is 1.67. The van der Waals surface area contributed by atoms with E-state index in [2.05, 4.69) is 15.3 Å². The third kappa shape index (κ3) is 3.68. The van der Waals surface area contributed by atoms with E-state index in [-0.39, 0.29) is 18.1 Å². The molecule has 0 fully saturated rings. The number of carboxylic acid groups (broad SMARTS) is 1. The molecule has 0 spiro atoms. The van der Waals surface area contributed by atoms with Crippen LogP contribution in [0, 0.1) is 0 Å². The van der Waals surface area contributed by atoms with Crippen molar-refractivity contribution in [2.24, 2.45) is 0 Å². The largest absolute Gasteiger partial charge is 0.476 e. The maximum Gasteiger partial charge on any atom is 0.416 e. The summed E-state index contributed by atoms with van der Waals surface area (Å²) < 4.78 is 37.7. The summed E-state index contributed by atoms with van der Waals surface area (Å²) in [5.74, 6) is -1.27. The van der Waals surface area contributed by atoms with Crippen LogP contribution in [0.15, 0.2) is 36.7 Å². The van der Waals surface area contributed by atoms with Crippen LogP contribution in [-0.2, 0) is 12.7 Å². The molecule has 0 atom stereocenters. The van der Waals surface area contributed by atoms with Crippen molar-refractivity contribution in [1.29, 1.82) is 0 Å². The molecule has 0 bridgehead atoms. The van der Waals surface area contributed by atoms with E-state index in [4.69, 9.17) is 5.11 Å². The summed E-state index contributed by atoms with van der Waals surface area (Å²) >= 11 is 0. The standard InChI is InChI=1S/C13H10F3N3O2/c14-13(15,16)9-3-1-2-8(6-9)7-19-11-10(12(20)21)17-4-5-18-11/h1-6H,7H2,(H,18,19)(H,20,21). The van der Waals surface area contributed by atoms with Crippen molar-refractivity contribution in [3.05, 3.63) is 53.5 Å². The van der Waals surface area contributed by atoms with Gasteiger partial charge in [0.15, 0.2) is 11.5 Å². The number of anilines is 1. The van der Waals surface area contributed by atoms with Crippen molar-refractivity contribution >= 4 is 11.8 Å². The first kappa shape index (κ1) is 14.8. The third-order valence-corrected chi connectivity index (χ3v) is 2.62. The van der Waals surface area contributed by atoms with E-state index in [0.29, 0.717) is 5.56 Å². The van der Waals surface area contributed by atoms with Crippen LogP contribution >= 0.6 is 0 Å². The van der Waals surface area contributed by atoms with Gasteiger partial charge in [0.25, 0.3) is 0 Å². The van der Waals surface area contributed by atoms with E-state index in [9.17, 15) is 18.0 Å². The molecule has 2 N–H and O–H groups in total. The number of hydrogen-bond acceptors (Lipinski definition) is 4. The molecule has 0 amide bonds. The number of hydrogen-bond donors (Lipinski definition) is 2. The lowest BCUT2D eigenvalue weighted by atomic mass is 10.1. The quantitative estimate of drug-likeness (QED) is 0.907. The Balaban J connectivity index is 2.16. The molecule has 1 heterocycles. The highest BCUT2D eigenvalue weighted by Gasteiger charge is 2.30. The minimum absolute atomic E-state index is 0.00223. The Bertz CT molecular complexity index is 659. The lowest BCUT2D eigenvalue weighted by Crippen LogP contribution is -2.11. The fourth-order valence-corrected chi connectivity index (χ4v) is 1.67. The molecule has 0 aliphatic heterocycles. The number of carbonyl (C=O) groups is 1. The normalized spacial score (nSPS) is 11.2. The molecule has 0 saturated carbocycles. The first-order chi connectivity index (χ1) is 9.88. The second-order valence-electron chi connectivity index (χ2n) is 4.11. The van der Waals surface area contributed by atoms with E-state index in [0.717, 1.165) is 12.1 Å². The van der Waals surface area contributed by atoms with Crippen molar-refractivity contribution in [1.82, 2.24) is 9.97 Å². The molecule has 0 aliphatic rings. The van der Waals surface area contributed by atoms with Crippen LogP contribution in [0.5, 0.6) is 0 Å². The number of aromatic nitrogens is 2.